The minimum absolute atomic E-state index is 0.112. The molecule has 6 heteroatoms. The van der Waals surface area contributed by atoms with E-state index in [4.69, 9.17) is 5.73 Å². The van der Waals surface area contributed by atoms with Gasteiger partial charge >= 0.3 is 12.1 Å². The molecule has 126 valence electrons. The first-order valence-electron chi connectivity index (χ1n) is 8.27. The molecule has 23 heavy (non-hydrogen) atoms. The van der Waals surface area contributed by atoms with Crippen molar-refractivity contribution in [3.8, 4) is 0 Å². The summed E-state index contributed by atoms with van der Waals surface area (Å²) in [5, 5.41) is 3.03. The van der Waals surface area contributed by atoms with Gasteiger partial charge in [0, 0.05) is 31.9 Å². The molecule has 1 heterocycles. The van der Waals surface area contributed by atoms with Gasteiger partial charge in [-0.25, -0.2) is 9.59 Å². The number of primary amides is 1. The van der Waals surface area contributed by atoms with Crippen LogP contribution in [-0.2, 0) is 12.8 Å². The maximum absolute atomic E-state index is 12.5. The molecule has 1 fully saturated rings. The number of amides is 4. The molecule has 0 spiro atoms. The Labute approximate surface area is 137 Å². The van der Waals surface area contributed by atoms with Gasteiger partial charge in [-0.3, -0.25) is 0 Å². The molecule has 4 amide bonds. The number of hydrogen-bond acceptors (Lipinski definition) is 2. The summed E-state index contributed by atoms with van der Waals surface area (Å²) in [6.07, 6.45) is 2.55. The molecule has 0 atom stereocenters. The second-order valence-electron chi connectivity index (χ2n) is 5.79. The van der Waals surface area contributed by atoms with Crippen LogP contribution in [0.3, 0.4) is 0 Å². The van der Waals surface area contributed by atoms with E-state index in [0.29, 0.717) is 26.2 Å². The van der Waals surface area contributed by atoms with E-state index in [1.807, 2.05) is 6.07 Å². The smallest absolute Gasteiger partial charge is 0.321 e. The number of urea groups is 2. The quantitative estimate of drug-likeness (QED) is 0.897. The number of nitrogens with zero attached hydrogens (tertiary/aromatic N) is 2. The Kier molecular flexibility index (Phi) is 5.84. The summed E-state index contributed by atoms with van der Waals surface area (Å²) >= 11 is 0. The molecule has 0 bridgehead atoms. The van der Waals surface area contributed by atoms with E-state index >= 15 is 0 Å². The lowest BCUT2D eigenvalue weighted by molar-refractivity contribution is 0.203. The summed E-state index contributed by atoms with van der Waals surface area (Å²) in [6.45, 7) is 6.39. The summed E-state index contributed by atoms with van der Waals surface area (Å²) < 4.78 is 0. The summed E-state index contributed by atoms with van der Waals surface area (Å²) in [6, 6.07) is 5.69. The normalized spacial score (nSPS) is 15.2. The maximum atomic E-state index is 12.5. The lowest BCUT2D eigenvalue weighted by Crippen LogP contribution is -2.41. The fourth-order valence-corrected chi connectivity index (χ4v) is 2.80. The molecular formula is C17H26N4O2. The van der Waals surface area contributed by atoms with Gasteiger partial charge < -0.3 is 20.9 Å². The van der Waals surface area contributed by atoms with E-state index < -0.39 is 6.03 Å². The lowest BCUT2D eigenvalue weighted by atomic mass is 10.1. The summed E-state index contributed by atoms with van der Waals surface area (Å²) in [5.41, 5.74) is 8.53. The molecule has 0 aromatic heterocycles. The average molecular weight is 318 g/mol. The highest BCUT2D eigenvalue weighted by Crippen LogP contribution is 2.20. The first-order valence-corrected chi connectivity index (χ1v) is 8.27. The van der Waals surface area contributed by atoms with Crippen molar-refractivity contribution in [1.82, 2.24) is 9.80 Å². The Morgan fingerprint density at radius 3 is 2.43 bits per heavy atom. The second-order valence-corrected chi connectivity index (χ2v) is 5.79. The van der Waals surface area contributed by atoms with Gasteiger partial charge in [0.25, 0.3) is 0 Å². The van der Waals surface area contributed by atoms with Crippen LogP contribution < -0.4 is 11.1 Å². The Morgan fingerprint density at radius 2 is 1.78 bits per heavy atom. The number of aryl methyl sites for hydroxylation is 2. The molecule has 0 aliphatic carbocycles. The molecule has 0 unspecified atom stereocenters. The van der Waals surface area contributed by atoms with Crippen molar-refractivity contribution in [2.75, 3.05) is 31.5 Å². The number of benzene rings is 1. The molecule has 1 aromatic carbocycles. The van der Waals surface area contributed by atoms with Crippen molar-refractivity contribution < 1.29 is 9.59 Å². The van der Waals surface area contributed by atoms with Gasteiger partial charge in [-0.2, -0.15) is 0 Å². The van der Waals surface area contributed by atoms with Crippen LogP contribution in [0.4, 0.5) is 15.3 Å². The Bertz CT molecular complexity index is 574. The van der Waals surface area contributed by atoms with Crippen LogP contribution in [0.1, 0.15) is 31.4 Å². The minimum Gasteiger partial charge on any atom is -0.351 e. The van der Waals surface area contributed by atoms with Crippen molar-refractivity contribution in [2.24, 2.45) is 5.73 Å². The van der Waals surface area contributed by atoms with Crippen LogP contribution in [0.2, 0.25) is 0 Å². The monoisotopic (exact) mass is 318 g/mol. The molecular weight excluding hydrogens is 292 g/mol. The predicted octanol–water partition coefficient (Wildman–Crippen LogP) is 2.43. The summed E-state index contributed by atoms with van der Waals surface area (Å²) in [7, 11) is 0. The third kappa shape index (κ3) is 4.37. The zero-order valence-electron chi connectivity index (χ0n) is 14.0. The van der Waals surface area contributed by atoms with E-state index in [9.17, 15) is 9.59 Å². The van der Waals surface area contributed by atoms with Crippen molar-refractivity contribution in [3.05, 3.63) is 29.3 Å². The number of anilines is 1. The molecule has 0 radical (unpaired) electrons. The van der Waals surface area contributed by atoms with Gasteiger partial charge in [0.1, 0.15) is 0 Å². The minimum atomic E-state index is -0.420. The second kappa shape index (κ2) is 7.85. The number of carbonyl (C=O) groups is 2. The molecule has 2 rings (SSSR count). The zero-order chi connectivity index (χ0) is 16.8. The molecule has 1 aliphatic heterocycles. The average Bonchev–Trinajstić information content (AvgIpc) is 2.81. The van der Waals surface area contributed by atoms with E-state index in [1.165, 1.54) is 5.56 Å². The van der Waals surface area contributed by atoms with Crippen LogP contribution in [0.5, 0.6) is 0 Å². The fourth-order valence-electron chi connectivity index (χ4n) is 2.80. The van der Waals surface area contributed by atoms with Crippen LogP contribution in [0.25, 0.3) is 0 Å². The Balaban J connectivity index is 2.05. The fraction of sp³-hybridized carbons (Fsp3) is 0.529. The molecule has 3 N–H and O–H groups in total. The number of carbonyl (C=O) groups excluding carboxylic acids is 2. The van der Waals surface area contributed by atoms with Gasteiger partial charge in [-0.1, -0.05) is 26.0 Å². The molecule has 1 aromatic rings. The van der Waals surface area contributed by atoms with Crippen LogP contribution in [-0.4, -0.2) is 48.0 Å². The molecule has 1 aliphatic rings. The highest BCUT2D eigenvalue weighted by molar-refractivity contribution is 5.90. The SMILES string of the molecule is CCc1ccc(CC)c(NC(=O)N2CCCN(C(N)=O)CC2)c1. The van der Waals surface area contributed by atoms with Gasteiger partial charge in [-0.15, -0.1) is 0 Å². The van der Waals surface area contributed by atoms with Crippen molar-refractivity contribution in [2.45, 2.75) is 33.1 Å². The van der Waals surface area contributed by atoms with Crippen molar-refractivity contribution in [3.63, 3.8) is 0 Å². The summed E-state index contributed by atoms with van der Waals surface area (Å²) in [5.74, 6) is 0. The van der Waals surface area contributed by atoms with Gasteiger partial charge in [0.2, 0.25) is 0 Å². The standard InChI is InChI=1S/C17H26N4O2/c1-3-13-6-7-14(4-2)15(12-13)19-17(23)21-9-5-8-20(10-11-21)16(18)22/h6-7,12H,3-5,8-11H2,1-2H3,(H2,18,22)(H,19,23). The van der Waals surface area contributed by atoms with Gasteiger partial charge in [0.05, 0.1) is 0 Å². The molecule has 6 nitrogen and oxygen atoms in total. The summed E-state index contributed by atoms with van der Waals surface area (Å²) in [4.78, 5) is 27.1. The number of rotatable bonds is 3. The van der Waals surface area contributed by atoms with Crippen LogP contribution in [0, 0.1) is 0 Å². The largest absolute Gasteiger partial charge is 0.351 e. The first-order chi connectivity index (χ1) is 11.0. The van der Waals surface area contributed by atoms with Gasteiger partial charge in [0.15, 0.2) is 0 Å². The third-order valence-electron chi connectivity index (χ3n) is 4.30. The number of nitrogens with two attached hydrogens (primary N) is 1. The van der Waals surface area contributed by atoms with Crippen LogP contribution in [0.15, 0.2) is 18.2 Å². The van der Waals surface area contributed by atoms with Crippen LogP contribution >= 0.6 is 0 Å². The highest BCUT2D eigenvalue weighted by atomic mass is 16.2. The van der Waals surface area contributed by atoms with E-state index in [-0.39, 0.29) is 6.03 Å². The Hall–Kier alpha value is -2.24. The van der Waals surface area contributed by atoms with E-state index in [2.05, 4.69) is 31.3 Å². The number of nitrogens with one attached hydrogen (secondary N) is 1. The lowest BCUT2D eigenvalue weighted by Gasteiger charge is -2.22. The zero-order valence-corrected chi connectivity index (χ0v) is 14.0. The third-order valence-corrected chi connectivity index (χ3v) is 4.30. The first kappa shape index (κ1) is 17.1. The van der Waals surface area contributed by atoms with Gasteiger partial charge in [-0.05, 0) is 36.5 Å². The predicted molar refractivity (Wildman–Crippen MR) is 91.6 cm³/mol. The highest BCUT2D eigenvalue weighted by Gasteiger charge is 2.21. The van der Waals surface area contributed by atoms with E-state index in [0.717, 1.165) is 30.5 Å². The molecule has 0 saturated carbocycles. The van der Waals surface area contributed by atoms with Crippen molar-refractivity contribution >= 4 is 17.7 Å². The topological polar surface area (TPSA) is 78.7 Å². The van der Waals surface area contributed by atoms with Crippen molar-refractivity contribution in [1.29, 1.82) is 0 Å². The molecule has 1 saturated heterocycles. The Morgan fingerprint density at radius 1 is 1.09 bits per heavy atom. The number of hydrogen-bond donors (Lipinski definition) is 2. The van der Waals surface area contributed by atoms with E-state index in [1.54, 1.807) is 9.80 Å². The maximum Gasteiger partial charge on any atom is 0.321 e.